The molecule has 0 aliphatic carbocycles. The fraction of sp³-hybridized carbons (Fsp3) is 0.538. The summed E-state index contributed by atoms with van der Waals surface area (Å²) < 4.78 is 0. The van der Waals surface area contributed by atoms with Crippen molar-refractivity contribution >= 4 is 17.1 Å². The van der Waals surface area contributed by atoms with E-state index in [9.17, 15) is 10.1 Å². The van der Waals surface area contributed by atoms with E-state index in [0.29, 0.717) is 6.04 Å². The minimum Gasteiger partial charge on any atom is -0.393 e. The zero-order valence-corrected chi connectivity index (χ0v) is 10.8. The molecule has 1 aliphatic rings. The third-order valence-corrected chi connectivity index (χ3v) is 3.65. The highest BCUT2D eigenvalue weighted by Gasteiger charge is 2.22. The van der Waals surface area contributed by atoms with Gasteiger partial charge >= 0.3 is 0 Å². The molecule has 0 saturated carbocycles. The van der Waals surface area contributed by atoms with E-state index >= 15 is 0 Å². The van der Waals surface area contributed by atoms with E-state index in [4.69, 9.17) is 5.73 Å². The highest BCUT2D eigenvalue weighted by atomic mass is 16.6. The molecule has 0 amide bonds. The van der Waals surface area contributed by atoms with Crippen molar-refractivity contribution in [3.63, 3.8) is 0 Å². The molecule has 1 aromatic rings. The SMILES string of the molecule is Cc1cc([N+](=O)[O-])c(N)cc1N1CCCC[C@@H]1C. The van der Waals surface area contributed by atoms with Gasteiger partial charge in [-0.2, -0.15) is 0 Å². The van der Waals surface area contributed by atoms with E-state index in [1.807, 2.05) is 6.92 Å². The Morgan fingerprint density at radius 2 is 2.17 bits per heavy atom. The molecule has 0 bridgehead atoms. The third-order valence-electron chi connectivity index (χ3n) is 3.65. The number of rotatable bonds is 2. The molecule has 1 saturated heterocycles. The molecule has 1 aliphatic heterocycles. The standard InChI is InChI=1S/C13H19N3O2/c1-9-7-13(16(17)18)11(14)8-12(9)15-6-4-3-5-10(15)2/h7-8,10H,3-6,14H2,1-2H3/t10-/m0/s1. The number of nitrogens with two attached hydrogens (primary N) is 1. The average Bonchev–Trinajstić information content (AvgIpc) is 2.32. The van der Waals surface area contributed by atoms with Crippen LogP contribution in [0.2, 0.25) is 0 Å². The number of nitrogen functional groups attached to an aromatic ring is 1. The van der Waals surface area contributed by atoms with E-state index < -0.39 is 4.92 Å². The quantitative estimate of drug-likeness (QED) is 0.497. The highest BCUT2D eigenvalue weighted by Crippen LogP contribution is 2.33. The summed E-state index contributed by atoms with van der Waals surface area (Å²) in [7, 11) is 0. The molecule has 1 fully saturated rings. The second-order valence-corrected chi connectivity index (χ2v) is 4.99. The lowest BCUT2D eigenvalue weighted by Crippen LogP contribution is -2.37. The Morgan fingerprint density at radius 3 is 2.78 bits per heavy atom. The number of nitrogens with zero attached hydrogens (tertiary/aromatic N) is 2. The molecule has 5 nitrogen and oxygen atoms in total. The van der Waals surface area contributed by atoms with Crippen molar-refractivity contribution in [2.75, 3.05) is 17.2 Å². The van der Waals surface area contributed by atoms with Crippen LogP contribution >= 0.6 is 0 Å². The van der Waals surface area contributed by atoms with E-state index in [0.717, 1.165) is 24.2 Å². The minimum absolute atomic E-state index is 0.000845. The summed E-state index contributed by atoms with van der Waals surface area (Å²) in [4.78, 5) is 12.7. The minimum atomic E-state index is -0.425. The lowest BCUT2D eigenvalue weighted by atomic mass is 10.0. The molecular formula is C13H19N3O2. The first-order chi connectivity index (χ1) is 8.50. The van der Waals surface area contributed by atoms with Gasteiger partial charge in [-0.3, -0.25) is 10.1 Å². The fourth-order valence-corrected chi connectivity index (χ4v) is 2.62. The Kier molecular flexibility index (Phi) is 3.41. The second kappa shape index (κ2) is 4.84. The van der Waals surface area contributed by atoms with Gasteiger partial charge in [0.05, 0.1) is 4.92 Å². The van der Waals surface area contributed by atoms with Crippen LogP contribution in [-0.2, 0) is 0 Å². The molecule has 0 unspecified atom stereocenters. The number of benzene rings is 1. The first kappa shape index (κ1) is 12.7. The zero-order chi connectivity index (χ0) is 13.3. The molecule has 0 radical (unpaired) electrons. The van der Waals surface area contributed by atoms with Gasteiger partial charge in [-0.1, -0.05) is 0 Å². The van der Waals surface area contributed by atoms with Crippen molar-refractivity contribution in [1.82, 2.24) is 0 Å². The molecule has 1 aromatic carbocycles. The van der Waals surface area contributed by atoms with Crippen LogP contribution in [0.15, 0.2) is 12.1 Å². The molecule has 0 aromatic heterocycles. The summed E-state index contributed by atoms with van der Waals surface area (Å²) in [6.45, 7) is 5.10. The smallest absolute Gasteiger partial charge is 0.292 e. The third kappa shape index (κ3) is 2.25. The van der Waals surface area contributed by atoms with E-state index in [1.165, 1.54) is 12.8 Å². The fourth-order valence-electron chi connectivity index (χ4n) is 2.62. The van der Waals surface area contributed by atoms with Gasteiger partial charge < -0.3 is 10.6 Å². The Bertz CT molecular complexity index is 474. The van der Waals surface area contributed by atoms with Gasteiger partial charge in [-0.25, -0.2) is 0 Å². The molecule has 98 valence electrons. The first-order valence-corrected chi connectivity index (χ1v) is 6.32. The van der Waals surface area contributed by atoms with Crippen molar-refractivity contribution in [2.24, 2.45) is 0 Å². The van der Waals surface area contributed by atoms with Crippen molar-refractivity contribution in [2.45, 2.75) is 39.2 Å². The van der Waals surface area contributed by atoms with Crippen molar-refractivity contribution in [3.8, 4) is 0 Å². The van der Waals surface area contributed by atoms with Crippen LogP contribution in [-0.4, -0.2) is 17.5 Å². The Morgan fingerprint density at radius 1 is 1.44 bits per heavy atom. The van der Waals surface area contributed by atoms with Crippen LogP contribution < -0.4 is 10.6 Å². The molecule has 0 spiro atoms. The molecule has 18 heavy (non-hydrogen) atoms. The van der Waals surface area contributed by atoms with Gasteiger partial charge in [0.2, 0.25) is 0 Å². The highest BCUT2D eigenvalue weighted by molar-refractivity contribution is 5.70. The van der Waals surface area contributed by atoms with Gasteiger partial charge in [0.15, 0.2) is 0 Å². The lowest BCUT2D eigenvalue weighted by Gasteiger charge is -2.36. The summed E-state index contributed by atoms with van der Waals surface area (Å²) >= 11 is 0. The maximum Gasteiger partial charge on any atom is 0.292 e. The number of hydrogen-bond donors (Lipinski definition) is 1. The molecule has 1 atom stereocenters. The summed E-state index contributed by atoms with van der Waals surface area (Å²) in [6, 6.07) is 3.79. The molecule has 2 rings (SSSR count). The first-order valence-electron chi connectivity index (χ1n) is 6.32. The second-order valence-electron chi connectivity index (χ2n) is 4.99. The lowest BCUT2D eigenvalue weighted by molar-refractivity contribution is -0.383. The Labute approximate surface area is 107 Å². The number of nitro benzene ring substituents is 1. The zero-order valence-electron chi connectivity index (χ0n) is 10.8. The molecule has 5 heteroatoms. The molecule has 1 heterocycles. The predicted molar refractivity (Wildman–Crippen MR) is 72.9 cm³/mol. The summed E-state index contributed by atoms with van der Waals surface area (Å²) in [5.41, 5.74) is 7.98. The Hall–Kier alpha value is -1.78. The Balaban J connectivity index is 2.39. The van der Waals surface area contributed by atoms with Crippen LogP contribution in [0.4, 0.5) is 17.1 Å². The summed E-state index contributed by atoms with van der Waals surface area (Å²) in [6.07, 6.45) is 3.58. The van der Waals surface area contributed by atoms with Crippen molar-refractivity contribution < 1.29 is 4.92 Å². The van der Waals surface area contributed by atoms with E-state index in [-0.39, 0.29) is 11.4 Å². The number of aryl methyl sites for hydroxylation is 1. The monoisotopic (exact) mass is 249 g/mol. The van der Waals surface area contributed by atoms with Gasteiger partial charge in [0, 0.05) is 24.3 Å². The summed E-state index contributed by atoms with van der Waals surface area (Å²) in [5.74, 6) is 0. The normalized spacial score (nSPS) is 19.9. The predicted octanol–water partition coefficient (Wildman–Crippen LogP) is 2.86. The van der Waals surface area contributed by atoms with Crippen LogP contribution in [0.1, 0.15) is 31.7 Å². The van der Waals surface area contributed by atoms with Gasteiger partial charge in [-0.15, -0.1) is 0 Å². The number of anilines is 2. The number of piperidine rings is 1. The maximum atomic E-state index is 10.8. The average molecular weight is 249 g/mol. The van der Waals surface area contributed by atoms with Gasteiger partial charge in [-0.05, 0) is 44.7 Å². The van der Waals surface area contributed by atoms with Crippen molar-refractivity contribution in [1.29, 1.82) is 0 Å². The number of hydrogen-bond acceptors (Lipinski definition) is 4. The van der Waals surface area contributed by atoms with E-state index in [1.54, 1.807) is 12.1 Å². The molecular weight excluding hydrogens is 230 g/mol. The molecule has 2 N–H and O–H groups in total. The summed E-state index contributed by atoms with van der Waals surface area (Å²) in [5, 5.41) is 10.8. The van der Waals surface area contributed by atoms with E-state index in [2.05, 4.69) is 11.8 Å². The largest absolute Gasteiger partial charge is 0.393 e. The van der Waals surface area contributed by atoms with Crippen molar-refractivity contribution in [3.05, 3.63) is 27.8 Å². The topological polar surface area (TPSA) is 72.4 Å². The van der Waals surface area contributed by atoms with Crippen LogP contribution in [0.3, 0.4) is 0 Å². The maximum absolute atomic E-state index is 10.8. The van der Waals surface area contributed by atoms with Crippen LogP contribution in [0.5, 0.6) is 0 Å². The number of nitro groups is 1. The van der Waals surface area contributed by atoms with Crippen LogP contribution in [0.25, 0.3) is 0 Å². The van der Waals surface area contributed by atoms with Gasteiger partial charge in [0.25, 0.3) is 5.69 Å². The van der Waals surface area contributed by atoms with Gasteiger partial charge in [0.1, 0.15) is 5.69 Å². The van der Waals surface area contributed by atoms with Crippen LogP contribution in [0, 0.1) is 17.0 Å².